The molecule has 0 aliphatic carbocycles. The zero-order valence-corrected chi connectivity index (χ0v) is 36.4. The summed E-state index contributed by atoms with van der Waals surface area (Å²) in [5.41, 5.74) is 0. The van der Waals surface area contributed by atoms with Crippen LogP contribution in [0.4, 0.5) is 0 Å². The van der Waals surface area contributed by atoms with Crippen LogP contribution in [0.5, 0.6) is 0 Å². The number of carbonyl (C=O) groups excluding carboxylic acids is 3. The molecule has 0 aromatic rings. The Morgan fingerprint density at radius 1 is 0.382 bits per heavy atom. The number of ether oxygens (including phenoxy) is 3. The summed E-state index contributed by atoms with van der Waals surface area (Å²) in [6.07, 6.45) is 49.8. The molecule has 6 nitrogen and oxygen atoms in total. The molecule has 0 aliphatic heterocycles. The zero-order chi connectivity index (χ0) is 40.1. The molecule has 0 aliphatic rings. The second-order valence-corrected chi connectivity index (χ2v) is 15.6. The lowest BCUT2D eigenvalue weighted by Gasteiger charge is -2.18. The Kier molecular flexibility index (Phi) is 42.4. The number of unbranched alkanes of at least 4 members (excludes halogenated alkanes) is 25. The number of hydrogen-bond acceptors (Lipinski definition) is 6. The van der Waals surface area contributed by atoms with Crippen molar-refractivity contribution in [3.63, 3.8) is 0 Å². The molecule has 0 N–H and O–H groups in total. The Morgan fingerprint density at radius 2 is 0.709 bits per heavy atom. The van der Waals surface area contributed by atoms with Crippen molar-refractivity contribution in [2.45, 2.75) is 245 Å². The van der Waals surface area contributed by atoms with Gasteiger partial charge in [-0.3, -0.25) is 14.4 Å². The summed E-state index contributed by atoms with van der Waals surface area (Å²) in [4.78, 5) is 37.7. The van der Waals surface area contributed by atoms with Gasteiger partial charge in [0.25, 0.3) is 0 Å². The van der Waals surface area contributed by atoms with Gasteiger partial charge in [0.1, 0.15) is 13.2 Å². The van der Waals surface area contributed by atoms with Crippen LogP contribution in [0, 0.1) is 0 Å². The first-order valence-electron chi connectivity index (χ1n) is 23.5. The summed E-state index contributed by atoms with van der Waals surface area (Å²) in [7, 11) is 0. The maximum absolute atomic E-state index is 12.7. The first-order chi connectivity index (χ1) is 27.0. The van der Waals surface area contributed by atoms with Gasteiger partial charge in [-0.15, -0.1) is 0 Å². The highest BCUT2D eigenvalue weighted by molar-refractivity contribution is 5.71. The number of rotatable bonds is 42. The Morgan fingerprint density at radius 3 is 1.11 bits per heavy atom. The van der Waals surface area contributed by atoms with Gasteiger partial charge in [0.2, 0.25) is 0 Å². The highest BCUT2D eigenvalue weighted by atomic mass is 16.6. The molecule has 0 amide bonds. The summed E-state index contributed by atoms with van der Waals surface area (Å²) in [6.45, 7) is 6.50. The fraction of sp³-hybridized carbons (Fsp3) is 0.816. The standard InChI is InChI=1S/C49H88O6/c1-4-7-10-13-16-19-22-24-26-27-30-33-36-39-42-48(51)54-45-46(44-53-47(50)41-38-35-32-29-21-18-15-12-9-6-3)55-49(52)43-40-37-34-31-28-25-23-20-17-14-11-8-5-2/h7,10,16,19,24,26,46H,4-6,8-9,11-15,17-18,20-23,25,27-45H2,1-3H3/b10-7-,19-16-,26-24-. The normalized spacial score (nSPS) is 12.3. The van der Waals surface area contributed by atoms with E-state index in [-0.39, 0.29) is 31.1 Å². The number of carbonyl (C=O) groups is 3. The van der Waals surface area contributed by atoms with E-state index in [4.69, 9.17) is 14.2 Å². The van der Waals surface area contributed by atoms with E-state index in [2.05, 4.69) is 57.2 Å². The molecule has 0 saturated carbocycles. The van der Waals surface area contributed by atoms with Gasteiger partial charge in [-0.05, 0) is 51.4 Å². The molecule has 0 fully saturated rings. The van der Waals surface area contributed by atoms with Crippen molar-refractivity contribution >= 4 is 17.9 Å². The predicted octanol–water partition coefficient (Wildman–Crippen LogP) is 15.0. The van der Waals surface area contributed by atoms with Gasteiger partial charge in [0.05, 0.1) is 0 Å². The Hall–Kier alpha value is -2.37. The lowest BCUT2D eigenvalue weighted by molar-refractivity contribution is -0.167. The first-order valence-corrected chi connectivity index (χ1v) is 23.5. The van der Waals surface area contributed by atoms with Crippen LogP contribution in [-0.2, 0) is 28.6 Å². The van der Waals surface area contributed by atoms with E-state index in [1.165, 1.54) is 109 Å². The smallest absolute Gasteiger partial charge is 0.306 e. The molecule has 0 aromatic heterocycles. The third-order valence-corrected chi connectivity index (χ3v) is 10.2. The number of esters is 3. The average molecular weight is 773 g/mol. The highest BCUT2D eigenvalue weighted by Crippen LogP contribution is 2.15. The van der Waals surface area contributed by atoms with Crippen LogP contribution in [0.15, 0.2) is 36.5 Å². The van der Waals surface area contributed by atoms with Crippen molar-refractivity contribution in [3.05, 3.63) is 36.5 Å². The molecule has 0 rings (SSSR count). The van der Waals surface area contributed by atoms with Crippen molar-refractivity contribution in [3.8, 4) is 0 Å². The Bertz CT molecular complexity index is 938. The first kappa shape index (κ1) is 52.6. The molecule has 0 spiro atoms. The van der Waals surface area contributed by atoms with E-state index in [1.54, 1.807) is 0 Å². The fourth-order valence-corrected chi connectivity index (χ4v) is 6.63. The summed E-state index contributed by atoms with van der Waals surface area (Å²) >= 11 is 0. The van der Waals surface area contributed by atoms with Crippen LogP contribution in [-0.4, -0.2) is 37.2 Å². The van der Waals surface area contributed by atoms with E-state index in [0.29, 0.717) is 19.3 Å². The van der Waals surface area contributed by atoms with Crippen LogP contribution in [0.1, 0.15) is 239 Å². The zero-order valence-electron chi connectivity index (χ0n) is 36.4. The molecule has 55 heavy (non-hydrogen) atoms. The average Bonchev–Trinajstić information content (AvgIpc) is 3.18. The fourth-order valence-electron chi connectivity index (χ4n) is 6.63. The van der Waals surface area contributed by atoms with Crippen molar-refractivity contribution < 1.29 is 28.6 Å². The van der Waals surface area contributed by atoms with E-state index in [1.807, 2.05) is 0 Å². The number of allylic oxidation sites excluding steroid dienone is 6. The molecule has 0 heterocycles. The quantitative estimate of drug-likeness (QED) is 0.0266. The van der Waals surface area contributed by atoms with E-state index >= 15 is 0 Å². The summed E-state index contributed by atoms with van der Waals surface area (Å²) < 4.78 is 16.7. The van der Waals surface area contributed by atoms with Gasteiger partial charge >= 0.3 is 17.9 Å². The molecule has 1 atom stereocenters. The lowest BCUT2D eigenvalue weighted by Crippen LogP contribution is -2.30. The van der Waals surface area contributed by atoms with Crippen LogP contribution >= 0.6 is 0 Å². The van der Waals surface area contributed by atoms with E-state index in [0.717, 1.165) is 89.9 Å². The second-order valence-electron chi connectivity index (χ2n) is 15.6. The highest BCUT2D eigenvalue weighted by Gasteiger charge is 2.19. The Labute approximate surface area is 340 Å². The van der Waals surface area contributed by atoms with Gasteiger partial charge in [-0.2, -0.15) is 0 Å². The third-order valence-electron chi connectivity index (χ3n) is 10.2. The molecule has 6 heteroatoms. The minimum atomic E-state index is -0.774. The summed E-state index contributed by atoms with van der Waals surface area (Å²) in [5.74, 6) is -0.895. The van der Waals surface area contributed by atoms with E-state index in [9.17, 15) is 14.4 Å². The van der Waals surface area contributed by atoms with Gasteiger partial charge in [-0.25, -0.2) is 0 Å². The Balaban J connectivity index is 4.38. The van der Waals surface area contributed by atoms with Crippen molar-refractivity contribution in [1.29, 1.82) is 0 Å². The molecular formula is C49H88O6. The SMILES string of the molecule is CC/C=C\C/C=C\C/C=C\CCCCCCC(=O)OCC(COC(=O)CCCCCCCCCCCC)OC(=O)CCCCCCCCCCCCCCC. The molecule has 1 unspecified atom stereocenters. The van der Waals surface area contributed by atoms with Crippen LogP contribution < -0.4 is 0 Å². The second kappa shape index (κ2) is 44.3. The molecule has 0 radical (unpaired) electrons. The minimum absolute atomic E-state index is 0.0760. The van der Waals surface area contributed by atoms with E-state index < -0.39 is 6.10 Å². The molecule has 0 aromatic carbocycles. The van der Waals surface area contributed by atoms with Crippen LogP contribution in [0.3, 0.4) is 0 Å². The van der Waals surface area contributed by atoms with Gasteiger partial charge in [0, 0.05) is 19.3 Å². The number of hydrogen-bond donors (Lipinski definition) is 0. The molecular weight excluding hydrogens is 685 g/mol. The molecule has 0 saturated heterocycles. The van der Waals surface area contributed by atoms with Gasteiger partial charge in [-0.1, -0.05) is 205 Å². The van der Waals surface area contributed by atoms with Crippen molar-refractivity contribution in [2.24, 2.45) is 0 Å². The van der Waals surface area contributed by atoms with Gasteiger partial charge in [0.15, 0.2) is 6.10 Å². The monoisotopic (exact) mass is 773 g/mol. The maximum atomic E-state index is 12.7. The van der Waals surface area contributed by atoms with Crippen molar-refractivity contribution in [1.82, 2.24) is 0 Å². The van der Waals surface area contributed by atoms with Crippen molar-refractivity contribution in [2.75, 3.05) is 13.2 Å². The largest absolute Gasteiger partial charge is 0.462 e. The summed E-state index contributed by atoms with van der Waals surface area (Å²) in [5, 5.41) is 0. The topological polar surface area (TPSA) is 78.9 Å². The van der Waals surface area contributed by atoms with Crippen LogP contribution in [0.2, 0.25) is 0 Å². The minimum Gasteiger partial charge on any atom is -0.462 e. The van der Waals surface area contributed by atoms with Gasteiger partial charge < -0.3 is 14.2 Å². The maximum Gasteiger partial charge on any atom is 0.306 e. The molecule has 0 bridgehead atoms. The lowest BCUT2D eigenvalue weighted by atomic mass is 10.0. The van der Waals surface area contributed by atoms with Crippen LogP contribution in [0.25, 0.3) is 0 Å². The predicted molar refractivity (Wildman–Crippen MR) is 233 cm³/mol. The summed E-state index contributed by atoms with van der Waals surface area (Å²) in [6, 6.07) is 0. The molecule has 320 valence electrons. The third kappa shape index (κ3) is 42.6.